The second kappa shape index (κ2) is 14.2. The first-order chi connectivity index (χ1) is 25.3. The lowest BCUT2D eigenvalue weighted by Gasteiger charge is -2.56. The van der Waals surface area contributed by atoms with Gasteiger partial charge in [-0.2, -0.15) is 0 Å². The minimum atomic E-state index is -2.52. The number of hydrogen-bond donors (Lipinski definition) is 4. The van der Waals surface area contributed by atoms with Gasteiger partial charge in [0.15, 0.2) is 0 Å². The Morgan fingerprint density at radius 1 is 0.962 bits per heavy atom. The maximum atomic E-state index is 14.2. The van der Waals surface area contributed by atoms with Crippen molar-refractivity contribution < 1.29 is 18.4 Å². The molecular formula is C42H55F2N5O3S. The van der Waals surface area contributed by atoms with E-state index in [1.807, 2.05) is 44.4 Å². The van der Waals surface area contributed by atoms with Crippen molar-refractivity contribution >= 4 is 40.2 Å². The number of aryl methyl sites for hydroxylation is 1. The van der Waals surface area contributed by atoms with Crippen molar-refractivity contribution in [2.24, 2.45) is 29.1 Å². The van der Waals surface area contributed by atoms with Crippen molar-refractivity contribution in [3.05, 3.63) is 57.1 Å². The number of hydrogen-bond acceptors (Lipinski definition) is 5. The maximum absolute atomic E-state index is 14.2. The van der Waals surface area contributed by atoms with E-state index in [0.717, 1.165) is 70.6 Å². The van der Waals surface area contributed by atoms with Gasteiger partial charge >= 0.3 is 0 Å². The number of alkyl halides is 2. The van der Waals surface area contributed by atoms with Crippen LogP contribution in [0, 0.1) is 42.9 Å². The van der Waals surface area contributed by atoms with E-state index in [9.17, 15) is 23.2 Å². The zero-order valence-electron chi connectivity index (χ0n) is 31.6. The Balaban J connectivity index is 1.04. The number of nitrogens with zero attached hydrogens (tertiary/aromatic N) is 1. The molecule has 0 unspecified atom stereocenters. The lowest BCUT2D eigenvalue weighted by molar-refractivity contribution is -0.124. The SMILES string of the molecule is CSc1cc(C)[nH]c(=O)c1CNC(=O)c1c(C)n([C@H](C)C2CCC(NC3CC(F)(F)C3)CC2)c2ccc(NC(=O)CC34CC5CC(CC(C5)C3)C4)cc12. The molecule has 6 aliphatic carbocycles. The zero-order valence-corrected chi connectivity index (χ0v) is 32.4. The molecule has 8 nitrogen and oxygen atoms in total. The van der Waals surface area contributed by atoms with E-state index >= 15 is 0 Å². The van der Waals surface area contributed by atoms with E-state index < -0.39 is 5.92 Å². The number of pyridine rings is 1. The largest absolute Gasteiger partial charge is 0.348 e. The second-order valence-electron chi connectivity index (χ2n) is 17.7. The fraction of sp³-hybridized carbons (Fsp3) is 0.643. The predicted molar refractivity (Wildman–Crippen MR) is 207 cm³/mol. The lowest BCUT2D eigenvalue weighted by Crippen LogP contribution is -2.52. The number of thioether (sulfide) groups is 1. The van der Waals surface area contributed by atoms with Gasteiger partial charge < -0.3 is 25.5 Å². The highest BCUT2D eigenvalue weighted by Crippen LogP contribution is 2.61. The highest BCUT2D eigenvalue weighted by Gasteiger charge is 2.51. The van der Waals surface area contributed by atoms with Gasteiger partial charge in [0.1, 0.15) is 0 Å². The molecule has 6 saturated carbocycles. The van der Waals surface area contributed by atoms with Gasteiger partial charge in [0, 0.05) is 82.4 Å². The molecule has 6 fully saturated rings. The van der Waals surface area contributed by atoms with Gasteiger partial charge in [0.2, 0.25) is 5.91 Å². The van der Waals surface area contributed by atoms with Crippen LogP contribution in [-0.2, 0) is 11.3 Å². The first-order valence-corrected chi connectivity index (χ1v) is 21.1. The van der Waals surface area contributed by atoms with Crippen molar-refractivity contribution in [3.63, 3.8) is 0 Å². The van der Waals surface area contributed by atoms with Crippen LogP contribution in [0.15, 0.2) is 34.0 Å². The molecule has 9 rings (SSSR count). The number of carbonyl (C=O) groups excluding carboxylic acids is 2. The molecule has 286 valence electrons. The molecule has 2 amide bonds. The van der Waals surface area contributed by atoms with Crippen molar-refractivity contribution in [1.29, 1.82) is 0 Å². The second-order valence-corrected chi connectivity index (χ2v) is 18.5. The van der Waals surface area contributed by atoms with E-state index in [1.165, 1.54) is 50.3 Å². The van der Waals surface area contributed by atoms with Crippen LogP contribution in [0.2, 0.25) is 0 Å². The molecule has 1 atom stereocenters. The third kappa shape index (κ3) is 7.33. The van der Waals surface area contributed by atoms with Gasteiger partial charge in [-0.05, 0) is 145 Å². The van der Waals surface area contributed by atoms with Gasteiger partial charge in [0.25, 0.3) is 17.4 Å². The molecule has 6 aliphatic rings. The number of amides is 2. The molecule has 4 N–H and O–H groups in total. The summed E-state index contributed by atoms with van der Waals surface area (Å²) in [5, 5.41) is 10.6. The molecule has 4 bridgehead atoms. The van der Waals surface area contributed by atoms with Gasteiger partial charge in [-0.25, -0.2) is 8.78 Å². The van der Waals surface area contributed by atoms with Crippen LogP contribution in [0.4, 0.5) is 14.5 Å². The third-order valence-corrected chi connectivity index (χ3v) is 14.6. The zero-order chi connectivity index (χ0) is 37.2. The average molecular weight is 748 g/mol. The van der Waals surface area contributed by atoms with Gasteiger partial charge in [0.05, 0.1) is 5.56 Å². The summed E-state index contributed by atoms with van der Waals surface area (Å²) in [5.74, 6) is -0.0306. The van der Waals surface area contributed by atoms with Crippen LogP contribution < -0.4 is 21.5 Å². The highest BCUT2D eigenvalue weighted by atomic mass is 32.2. The summed E-state index contributed by atoms with van der Waals surface area (Å²) < 4.78 is 29.2. The molecule has 11 heteroatoms. The normalized spacial score (nSPS) is 29.6. The standard InChI is InChI=1S/C42H55F2N5O3S/c1-23-11-36(53-4)34(39(51)46-23)22-45-40(52)38-25(3)49(24(2)29-5-7-30(8-6-29)47-32-19-42(43,44)20-32)35-10-9-31(15-33(35)38)48-37(50)21-41-16-26-12-27(17-41)14-28(13-26)18-41/h9-11,15,24,26-30,32,47H,5-8,12-14,16-22H2,1-4H3,(H,45,52)(H,46,51)(H,48,50)/t24-,26?,27?,28?,29?,30?,41?/m1/s1. The van der Waals surface area contributed by atoms with Crippen LogP contribution in [0.1, 0.15) is 124 Å². The minimum absolute atomic E-state index is 0.0565. The fourth-order valence-electron chi connectivity index (χ4n) is 11.8. The summed E-state index contributed by atoms with van der Waals surface area (Å²) in [6.07, 6.45) is 13.7. The molecule has 53 heavy (non-hydrogen) atoms. The van der Waals surface area contributed by atoms with Crippen molar-refractivity contribution in [3.8, 4) is 0 Å². The Hall–Kier alpha value is -3.18. The first kappa shape index (κ1) is 36.8. The smallest absolute Gasteiger partial charge is 0.254 e. The topological polar surface area (TPSA) is 108 Å². The molecule has 0 spiro atoms. The van der Waals surface area contributed by atoms with Crippen molar-refractivity contribution in [2.75, 3.05) is 11.6 Å². The van der Waals surface area contributed by atoms with Crippen LogP contribution in [0.25, 0.3) is 10.9 Å². The third-order valence-electron chi connectivity index (χ3n) is 13.8. The molecule has 3 aromatic rings. The quantitative estimate of drug-likeness (QED) is 0.147. The number of rotatable bonds is 11. The Bertz CT molecular complexity index is 1920. The number of anilines is 1. The van der Waals surface area contributed by atoms with Crippen molar-refractivity contribution in [2.45, 2.75) is 140 Å². The monoisotopic (exact) mass is 747 g/mol. The summed E-state index contributed by atoms with van der Waals surface area (Å²) in [7, 11) is 0. The number of nitrogens with one attached hydrogen (secondary N) is 4. The van der Waals surface area contributed by atoms with Crippen LogP contribution in [0.5, 0.6) is 0 Å². The maximum Gasteiger partial charge on any atom is 0.254 e. The van der Waals surface area contributed by atoms with E-state index in [-0.39, 0.29) is 60.3 Å². The predicted octanol–water partition coefficient (Wildman–Crippen LogP) is 8.65. The Kier molecular flexibility index (Phi) is 9.82. The Morgan fingerprint density at radius 2 is 1.62 bits per heavy atom. The average Bonchev–Trinajstić information content (AvgIpc) is 3.36. The summed E-state index contributed by atoms with van der Waals surface area (Å²) in [5.41, 5.74) is 4.26. The van der Waals surface area contributed by atoms with E-state index in [0.29, 0.717) is 29.2 Å². The first-order valence-electron chi connectivity index (χ1n) is 19.9. The summed E-state index contributed by atoms with van der Waals surface area (Å²) in [6, 6.07) is 8.14. The molecule has 0 aliphatic heterocycles. The molecule has 2 heterocycles. The molecule has 0 radical (unpaired) electrons. The Morgan fingerprint density at radius 3 is 2.25 bits per heavy atom. The number of aromatic amines is 1. The Labute approximate surface area is 315 Å². The molecular weight excluding hydrogens is 693 g/mol. The summed E-state index contributed by atoms with van der Waals surface area (Å²) in [4.78, 5) is 44.5. The van der Waals surface area contributed by atoms with Crippen LogP contribution >= 0.6 is 11.8 Å². The molecule has 2 aromatic heterocycles. The molecule has 0 saturated heterocycles. The minimum Gasteiger partial charge on any atom is -0.348 e. The lowest BCUT2D eigenvalue weighted by atomic mass is 9.49. The number of halogens is 2. The van der Waals surface area contributed by atoms with E-state index in [4.69, 9.17) is 0 Å². The van der Waals surface area contributed by atoms with Crippen LogP contribution in [-0.4, -0.2) is 45.6 Å². The summed E-state index contributed by atoms with van der Waals surface area (Å²) in [6.45, 7) is 6.15. The van der Waals surface area contributed by atoms with Gasteiger partial charge in [-0.1, -0.05) is 0 Å². The number of aromatic nitrogens is 2. The number of fused-ring (bicyclic) bond motifs is 1. The highest BCUT2D eigenvalue weighted by molar-refractivity contribution is 7.98. The van der Waals surface area contributed by atoms with Crippen LogP contribution in [0.3, 0.4) is 0 Å². The number of benzene rings is 1. The van der Waals surface area contributed by atoms with E-state index in [2.05, 4.69) is 32.4 Å². The fourth-order valence-corrected chi connectivity index (χ4v) is 12.5. The van der Waals surface area contributed by atoms with E-state index in [1.54, 1.807) is 0 Å². The molecule has 1 aromatic carbocycles. The number of carbonyl (C=O) groups is 2. The van der Waals surface area contributed by atoms with Crippen molar-refractivity contribution in [1.82, 2.24) is 20.2 Å². The summed E-state index contributed by atoms with van der Waals surface area (Å²) >= 11 is 1.48. The van der Waals surface area contributed by atoms with Gasteiger partial charge in [-0.3, -0.25) is 14.4 Å². The van der Waals surface area contributed by atoms with Gasteiger partial charge in [-0.15, -0.1) is 11.8 Å². The number of H-pyrrole nitrogens is 1.